The van der Waals surface area contributed by atoms with Crippen LogP contribution in [0.2, 0.25) is 0 Å². The number of ketones is 3. The molecule has 0 aromatic heterocycles. The summed E-state index contributed by atoms with van der Waals surface area (Å²) in [5.74, 6) is -4.28. The molecule has 2 atom stereocenters. The molecule has 9 nitrogen and oxygen atoms in total. The van der Waals surface area contributed by atoms with Gasteiger partial charge in [-0.15, -0.1) is 0 Å². The molecule has 4 N–H and O–H groups in total. The summed E-state index contributed by atoms with van der Waals surface area (Å²) in [7, 11) is 0. The minimum atomic E-state index is -1.62. The van der Waals surface area contributed by atoms with Gasteiger partial charge in [0.15, 0.2) is 17.3 Å². The second-order valence-electron chi connectivity index (χ2n) is 9.47. The summed E-state index contributed by atoms with van der Waals surface area (Å²) in [5, 5.41) is 33.8. The fourth-order valence-electron chi connectivity index (χ4n) is 4.97. The zero-order valence-electron chi connectivity index (χ0n) is 20.8. The zero-order chi connectivity index (χ0) is 27.2. The maximum absolute atomic E-state index is 13.9. The van der Waals surface area contributed by atoms with E-state index in [-0.39, 0.29) is 52.4 Å². The van der Waals surface area contributed by atoms with Gasteiger partial charge in [0.25, 0.3) is 0 Å². The van der Waals surface area contributed by atoms with Crippen LogP contribution in [-0.2, 0) is 19.8 Å². The fourth-order valence-corrected chi connectivity index (χ4v) is 4.97. The zero-order valence-corrected chi connectivity index (χ0v) is 20.8. The lowest BCUT2D eigenvalue weighted by atomic mass is 9.70. The Morgan fingerprint density at radius 2 is 1.73 bits per heavy atom. The monoisotopic (exact) mass is 505 g/mol. The van der Waals surface area contributed by atoms with Crippen LogP contribution in [-0.4, -0.2) is 45.2 Å². The van der Waals surface area contributed by atoms with Crippen molar-refractivity contribution in [3.8, 4) is 17.2 Å². The van der Waals surface area contributed by atoms with E-state index in [1.54, 1.807) is 19.1 Å². The molecule has 0 bridgehead atoms. The Labute approximate surface area is 213 Å². The number of rotatable bonds is 7. The summed E-state index contributed by atoms with van der Waals surface area (Å²) in [4.78, 5) is 50.7. The van der Waals surface area contributed by atoms with Crippen LogP contribution >= 0.6 is 0 Å². The molecule has 1 aliphatic heterocycles. The van der Waals surface area contributed by atoms with Gasteiger partial charge in [0.2, 0.25) is 0 Å². The Morgan fingerprint density at radius 1 is 1.08 bits per heavy atom. The highest BCUT2D eigenvalue weighted by Gasteiger charge is 2.56. The second-order valence-corrected chi connectivity index (χ2v) is 9.47. The molecule has 0 saturated carbocycles. The highest BCUT2D eigenvalue weighted by Crippen LogP contribution is 2.57. The molecule has 37 heavy (non-hydrogen) atoms. The topological polar surface area (TPSA) is 150 Å². The number of phenols is 2. The van der Waals surface area contributed by atoms with Gasteiger partial charge in [-0.05, 0) is 33.3 Å². The van der Waals surface area contributed by atoms with Crippen LogP contribution in [0.4, 0.5) is 0 Å². The molecule has 0 spiro atoms. The van der Waals surface area contributed by atoms with Crippen molar-refractivity contribution in [2.24, 2.45) is 0 Å². The fraction of sp³-hybridized carbons (Fsp3) is 0.286. The molecule has 2 aromatic rings. The summed E-state index contributed by atoms with van der Waals surface area (Å²) >= 11 is 0. The van der Waals surface area contributed by atoms with Crippen molar-refractivity contribution < 1.29 is 39.2 Å². The average molecular weight is 506 g/mol. The number of Topliss-reactive ketones (excluding diaryl/α,β-unsaturated/α-hetero) is 2. The smallest absolute Gasteiger partial charge is 0.304 e. The molecule has 0 fully saturated rings. The summed E-state index contributed by atoms with van der Waals surface area (Å²) in [6.45, 7) is 5.83. The van der Waals surface area contributed by atoms with Crippen molar-refractivity contribution in [2.45, 2.75) is 45.4 Å². The lowest BCUT2D eigenvalue weighted by molar-refractivity contribution is -0.137. The molecule has 1 heterocycles. The molecule has 2 aliphatic rings. The number of nitrogens with one attached hydrogen (secondary N) is 1. The van der Waals surface area contributed by atoms with Crippen LogP contribution in [0.3, 0.4) is 0 Å². The number of hydrogen-bond donors (Lipinski definition) is 4. The summed E-state index contributed by atoms with van der Waals surface area (Å²) in [5.41, 5.74) is -0.904. The predicted octanol–water partition coefficient (Wildman–Crippen LogP) is 3.42. The first-order valence-corrected chi connectivity index (χ1v) is 11.7. The van der Waals surface area contributed by atoms with Crippen LogP contribution in [0.15, 0.2) is 53.4 Å². The molecule has 192 valence electrons. The molecule has 0 radical (unpaired) electrons. The third-order valence-electron chi connectivity index (χ3n) is 7.07. The molecule has 9 heteroatoms. The number of hydrogen-bond acceptors (Lipinski definition) is 8. The number of carbonyl (C=O) groups excluding carboxylic acids is 3. The number of carbonyl (C=O) groups is 4. The Kier molecular flexibility index (Phi) is 6.41. The molecule has 0 saturated heterocycles. The lowest BCUT2D eigenvalue weighted by Gasteiger charge is -2.29. The van der Waals surface area contributed by atoms with Gasteiger partial charge in [0.1, 0.15) is 34.0 Å². The standard InChI is InChI=1S/C28H27NO8/c1-13-24(34)22(15(3)30)26-23(25(13)35)28(4)19(37-26)11-18(31)21(27(28)36)14(2)29-12-17(10-20(32)33)16-8-6-5-7-9-16/h5-9,11,17,29,34-35H,10,12H2,1-4H3,(H,32,33)/b21-14+/t17-,28-/m0/s1. The van der Waals surface area contributed by atoms with Crippen molar-refractivity contribution in [3.05, 3.63) is 75.7 Å². The molecule has 4 rings (SSSR count). The number of phenolic OH excluding ortho intramolecular Hbond substituents is 2. The Bertz CT molecular complexity index is 1420. The number of aromatic hydroxyl groups is 2. The second kappa shape index (κ2) is 9.24. The molecular formula is C28H27NO8. The van der Waals surface area contributed by atoms with E-state index in [1.165, 1.54) is 20.8 Å². The van der Waals surface area contributed by atoms with Gasteiger partial charge in [-0.3, -0.25) is 19.2 Å². The maximum atomic E-state index is 13.9. The molecule has 1 aliphatic carbocycles. The summed E-state index contributed by atoms with van der Waals surface area (Å²) < 4.78 is 5.76. The first-order valence-electron chi connectivity index (χ1n) is 11.7. The van der Waals surface area contributed by atoms with Gasteiger partial charge >= 0.3 is 5.97 Å². The first-order chi connectivity index (χ1) is 17.4. The van der Waals surface area contributed by atoms with Gasteiger partial charge in [-0.25, -0.2) is 0 Å². The van der Waals surface area contributed by atoms with Gasteiger partial charge < -0.3 is 25.4 Å². The number of ether oxygens (including phenoxy) is 1. The van der Waals surface area contributed by atoms with Crippen molar-refractivity contribution >= 4 is 23.3 Å². The summed E-state index contributed by atoms with van der Waals surface area (Å²) in [6, 6.07) is 9.04. The molecular weight excluding hydrogens is 478 g/mol. The highest BCUT2D eigenvalue weighted by atomic mass is 16.5. The van der Waals surface area contributed by atoms with Gasteiger partial charge in [-0.1, -0.05) is 30.3 Å². The number of fused-ring (bicyclic) bond motifs is 3. The Morgan fingerprint density at radius 3 is 2.32 bits per heavy atom. The van der Waals surface area contributed by atoms with Crippen molar-refractivity contribution in [2.75, 3.05) is 6.54 Å². The minimum Gasteiger partial charge on any atom is -0.507 e. The van der Waals surface area contributed by atoms with Crippen LogP contribution in [0.25, 0.3) is 0 Å². The number of carboxylic acids is 1. The van der Waals surface area contributed by atoms with Crippen LogP contribution in [0.1, 0.15) is 60.2 Å². The lowest BCUT2D eigenvalue weighted by Crippen LogP contribution is -2.41. The largest absolute Gasteiger partial charge is 0.507 e. The van der Waals surface area contributed by atoms with Crippen molar-refractivity contribution in [1.29, 1.82) is 0 Å². The summed E-state index contributed by atoms with van der Waals surface area (Å²) in [6.07, 6.45) is 0.985. The van der Waals surface area contributed by atoms with E-state index in [1.807, 2.05) is 18.2 Å². The van der Waals surface area contributed by atoms with Crippen molar-refractivity contribution in [3.63, 3.8) is 0 Å². The van der Waals surface area contributed by atoms with Crippen molar-refractivity contribution in [1.82, 2.24) is 5.32 Å². The van der Waals surface area contributed by atoms with Gasteiger partial charge in [0, 0.05) is 29.8 Å². The van der Waals surface area contributed by atoms with E-state index >= 15 is 0 Å². The number of carboxylic acid groups (broad SMARTS) is 1. The molecule has 0 unspecified atom stereocenters. The first kappa shape index (κ1) is 25.7. The van der Waals surface area contributed by atoms with E-state index in [4.69, 9.17) is 4.74 Å². The molecule has 2 aromatic carbocycles. The van der Waals surface area contributed by atoms with E-state index in [0.29, 0.717) is 0 Å². The van der Waals surface area contributed by atoms with E-state index in [2.05, 4.69) is 5.32 Å². The predicted molar refractivity (Wildman–Crippen MR) is 133 cm³/mol. The minimum absolute atomic E-state index is 0.00934. The average Bonchev–Trinajstić information content (AvgIpc) is 3.13. The molecule has 0 amide bonds. The van der Waals surface area contributed by atoms with Gasteiger partial charge in [-0.2, -0.15) is 0 Å². The quantitative estimate of drug-likeness (QED) is 0.252. The SMILES string of the molecule is CC(=O)c1c(O)c(C)c(O)c2c1OC1=CC(=O)/C(=C(/C)NC[C@H](CC(=O)O)c3ccccc3)C(=O)[C@@]12C. The van der Waals surface area contributed by atoms with Crippen LogP contribution in [0.5, 0.6) is 17.2 Å². The van der Waals surface area contributed by atoms with E-state index < -0.39 is 46.2 Å². The third kappa shape index (κ3) is 4.06. The number of benzene rings is 2. The highest BCUT2D eigenvalue weighted by molar-refractivity contribution is 6.31. The number of aliphatic carboxylic acids is 1. The number of allylic oxidation sites excluding steroid dienone is 4. The van der Waals surface area contributed by atoms with Crippen LogP contribution in [0, 0.1) is 6.92 Å². The van der Waals surface area contributed by atoms with E-state index in [9.17, 15) is 34.5 Å². The Balaban J connectivity index is 1.76. The maximum Gasteiger partial charge on any atom is 0.304 e. The van der Waals surface area contributed by atoms with Crippen LogP contribution < -0.4 is 10.1 Å². The van der Waals surface area contributed by atoms with E-state index in [0.717, 1.165) is 11.6 Å². The third-order valence-corrected chi connectivity index (χ3v) is 7.07. The normalized spacial score (nSPS) is 20.4. The Hall–Kier alpha value is -4.40. The van der Waals surface area contributed by atoms with Gasteiger partial charge in [0.05, 0.1) is 17.6 Å².